The SMILES string of the molecule is COC(=O)C1=C(C)NC2=C(C(=O)CC(C)(C)C2)C1c1cc(OC)c(OC)cc1OC. The third-order valence-electron chi connectivity index (χ3n) is 5.69. The normalized spacial score (nSPS) is 20.4. The Morgan fingerprint density at radius 3 is 2.17 bits per heavy atom. The third kappa shape index (κ3) is 3.64. The van der Waals surface area contributed by atoms with E-state index in [-0.39, 0.29) is 11.2 Å². The summed E-state index contributed by atoms with van der Waals surface area (Å²) in [5, 5.41) is 3.30. The van der Waals surface area contributed by atoms with Gasteiger partial charge in [0, 0.05) is 35.0 Å². The summed E-state index contributed by atoms with van der Waals surface area (Å²) < 4.78 is 21.6. The minimum atomic E-state index is -0.632. The summed E-state index contributed by atoms with van der Waals surface area (Å²) in [6.45, 7) is 5.96. The van der Waals surface area contributed by atoms with Crippen molar-refractivity contribution < 1.29 is 28.5 Å². The fourth-order valence-corrected chi connectivity index (χ4v) is 4.41. The summed E-state index contributed by atoms with van der Waals surface area (Å²) in [5.41, 5.74) is 2.94. The van der Waals surface area contributed by atoms with E-state index in [1.54, 1.807) is 26.4 Å². The maximum atomic E-state index is 13.3. The van der Waals surface area contributed by atoms with Crippen molar-refractivity contribution in [3.05, 3.63) is 40.2 Å². The second-order valence-corrected chi connectivity index (χ2v) is 8.37. The maximum absolute atomic E-state index is 13.3. The monoisotopic (exact) mass is 415 g/mol. The number of Topliss-reactive ketones (excluding diaryl/α,β-unsaturated/α-hetero) is 1. The molecule has 7 heteroatoms. The van der Waals surface area contributed by atoms with Crippen molar-refractivity contribution in [2.75, 3.05) is 28.4 Å². The Kier molecular flexibility index (Phi) is 5.83. The number of esters is 1. The van der Waals surface area contributed by atoms with Gasteiger partial charge in [0.05, 0.1) is 39.9 Å². The van der Waals surface area contributed by atoms with Gasteiger partial charge in [-0.3, -0.25) is 4.79 Å². The third-order valence-corrected chi connectivity index (χ3v) is 5.69. The molecule has 0 saturated heterocycles. The van der Waals surface area contributed by atoms with E-state index in [1.165, 1.54) is 14.2 Å². The van der Waals surface area contributed by atoms with Gasteiger partial charge in [0.2, 0.25) is 0 Å². The molecule has 0 aromatic heterocycles. The molecule has 1 aliphatic carbocycles. The van der Waals surface area contributed by atoms with Gasteiger partial charge in [-0.15, -0.1) is 0 Å². The molecule has 0 fully saturated rings. The number of ketones is 1. The van der Waals surface area contributed by atoms with E-state index in [0.717, 1.165) is 5.70 Å². The molecule has 1 aromatic rings. The van der Waals surface area contributed by atoms with E-state index in [2.05, 4.69) is 19.2 Å². The second-order valence-electron chi connectivity index (χ2n) is 8.37. The molecular formula is C23H29NO6. The van der Waals surface area contributed by atoms with Crippen LogP contribution in [0.25, 0.3) is 0 Å². The number of carbonyl (C=O) groups excluding carboxylic acids is 2. The van der Waals surface area contributed by atoms with Gasteiger partial charge >= 0.3 is 5.97 Å². The number of carbonyl (C=O) groups is 2. The zero-order valence-electron chi connectivity index (χ0n) is 18.6. The van der Waals surface area contributed by atoms with Gasteiger partial charge in [-0.2, -0.15) is 0 Å². The number of ether oxygens (including phenoxy) is 4. The first kappa shape index (κ1) is 21.7. The van der Waals surface area contributed by atoms with Gasteiger partial charge in [0.1, 0.15) is 5.75 Å². The average Bonchev–Trinajstić information content (AvgIpc) is 2.70. The predicted octanol–water partition coefficient (Wildman–Crippen LogP) is 3.49. The molecule has 1 heterocycles. The molecule has 30 heavy (non-hydrogen) atoms. The van der Waals surface area contributed by atoms with Crippen molar-refractivity contribution >= 4 is 11.8 Å². The Balaban J connectivity index is 2.31. The lowest BCUT2D eigenvalue weighted by Gasteiger charge is -2.39. The van der Waals surface area contributed by atoms with Crippen LogP contribution in [0.1, 0.15) is 45.1 Å². The van der Waals surface area contributed by atoms with Crippen molar-refractivity contribution in [1.82, 2.24) is 5.32 Å². The molecule has 162 valence electrons. The number of dihydropyridines is 1. The van der Waals surface area contributed by atoms with Crippen LogP contribution in [0.4, 0.5) is 0 Å². The fourth-order valence-electron chi connectivity index (χ4n) is 4.41. The molecule has 1 aliphatic heterocycles. The molecule has 3 rings (SSSR count). The van der Waals surface area contributed by atoms with Crippen LogP contribution in [0.15, 0.2) is 34.7 Å². The number of nitrogens with one attached hydrogen (secondary N) is 1. The number of hydrogen-bond donors (Lipinski definition) is 1. The standard InChI is InChI=1S/C23H29NO6/c1-12-19(22(26)30-7)20(21-14(24-12)10-23(2,3)11-15(21)25)13-8-17(28-5)18(29-6)9-16(13)27-4/h8-9,20,24H,10-11H2,1-7H3. The zero-order chi connectivity index (χ0) is 22.2. The Labute approximate surface area is 177 Å². The van der Waals surface area contributed by atoms with Crippen molar-refractivity contribution in [1.29, 1.82) is 0 Å². The molecule has 1 aromatic carbocycles. The van der Waals surface area contributed by atoms with Gasteiger partial charge in [-0.1, -0.05) is 13.8 Å². The first-order valence-electron chi connectivity index (χ1n) is 9.79. The summed E-state index contributed by atoms with van der Waals surface area (Å²) >= 11 is 0. The highest BCUT2D eigenvalue weighted by Crippen LogP contribution is 2.50. The lowest BCUT2D eigenvalue weighted by Crippen LogP contribution is -2.38. The summed E-state index contributed by atoms with van der Waals surface area (Å²) in [6, 6.07) is 3.47. The number of allylic oxidation sites excluding steroid dienone is 3. The molecule has 0 bridgehead atoms. The van der Waals surface area contributed by atoms with E-state index in [0.29, 0.717) is 52.5 Å². The summed E-state index contributed by atoms with van der Waals surface area (Å²) in [5.74, 6) is 0.359. The van der Waals surface area contributed by atoms with Crippen molar-refractivity contribution in [3.8, 4) is 17.2 Å². The highest BCUT2D eigenvalue weighted by atomic mass is 16.5. The Bertz CT molecular complexity index is 957. The number of rotatable bonds is 5. The molecule has 0 spiro atoms. The molecule has 0 saturated carbocycles. The summed E-state index contributed by atoms with van der Waals surface area (Å²) in [6.07, 6.45) is 1.10. The molecule has 0 radical (unpaired) electrons. The first-order chi connectivity index (χ1) is 14.2. The van der Waals surface area contributed by atoms with Crippen molar-refractivity contribution in [3.63, 3.8) is 0 Å². The topological polar surface area (TPSA) is 83.1 Å². The minimum Gasteiger partial charge on any atom is -0.496 e. The van der Waals surface area contributed by atoms with E-state index in [1.807, 2.05) is 6.92 Å². The molecule has 1 N–H and O–H groups in total. The number of benzene rings is 1. The van der Waals surface area contributed by atoms with Gasteiger partial charge in [-0.25, -0.2) is 4.79 Å². The quantitative estimate of drug-likeness (QED) is 0.737. The van der Waals surface area contributed by atoms with E-state index >= 15 is 0 Å². The Morgan fingerprint density at radius 2 is 1.60 bits per heavy atom. The van der Waals surface area contributed by atoms with E-state index in [4.69, 9.17) is 18.9 Å². The van der Waals surface area contributed by atoms with Crippen molar-refractivity contribution in [2.24, 2.45) is 5.41 Å². The number of methoxy groups -OCH3 is 4. The predicted molar refractivity (Wildman–Crippen MR) is 112 cm³/mol. The van der Waals surface area contributed by atoms with Gasteiger partial charge < -0.3 is 24.3 Å². The van der Waals surface area contributed by atoms with Gasteiger partial charge in [-0.05, 0) is 24.8 Å². The Morgan fingerprint density at radius 1 is 1.00 bits per heavy atom. The van der Waals surface area contributed by atoms with Crippen LogP contribution >= 0.6 is 0 Å². The summed E-state index contributed by atoms with van der Waals surface area (Å²) in [4.78, 5) is 26.1. The van der Waals surface area contributed by atoms with Crippen LogP contribution in [-0.2, 0) is 14.3 Å². The van der Waals surface area contributed by atoms with Crippen LogP contribution in [0.2, 0.25) is 0 Å². The first-order valence-corrected chi connectivity index (χ1v) is 9.79. The molecule has 1 atom stereocenters. The molecule has 2 aliphatic rings. The van der Waals surface area contributed by atoms with Crippen LogP contribution in [0.3, 0.4) is 0 Å². The zero-order valence-corrected chi connectivity index (χ0v) is 18.6. The van der Waals surface area contributed by atoms with Crippen LogP contribution in [-0.4, -0.2) is 40.2 Å². The molecule has 0 amide bonds. The highest BCUT2D eigenvalue weighted by Gasteiger charge is 2.44. The van der Waals surface area contributed by atoms with Crippen LogP contribution in [0, 0.1) is 5.41 Å². The largest absolute Gasteiger partial charge is 0.496 e. The molecule has 1 unspecified atom stereocenters. The fraction of sp³-hybridized carbons (Fsp3) is 0.478. The number of hydrogen-bond acceptors (Lipinski definition) is 7. The molecular weight excluding hydrogens is 386 g/mol. The smallest absolute Gasteiger partial charge is 0.336 e. The van der Waals surface area contributed by atoms with Crippen molar-refractivity contribution in [2.45, 2.75) is 39.5 Å². The summed E-state index contributed by atoms with van der Waals surface area (Å²) in [7, 11) is 5.96. The van der Waals surface area contributed by atoms with E-state index in [9.17, 15) is 9.59 Å². The lowest BCUT2D eigenvalue weighted by atomic mass is 9.68. The highest BCUT2D eigenvalue weighted by molar-refractivity contribution is 6.04. The van der Waals surface area contributed by atoms with Crippen LogP contribution < -0.4 is 19.5 Å². The van der Waals surface area contributed by atoms with Gasteiger partial charge in [0.15, 0.2) is 17.3 Å². The average molecular weight is 415 g/mol. The van der Waals surface area contributed by atoms with Gasteiger partial charge in [0.25, 0.3) is 0 Å². The molecule has 7 nitrogen and oxygen atoms in total. The maximum Gasteiger partial charge on any atom is 0.336 e. The minimum absolute atomic E-state index is 0.00416. The Hall–Kier alpha value is -2.96. The van der Waals surface area contributed by atoms with Crippen LogP contribution in [0.5, 0.6) is 17.2 Å². The second kappa shape index (κ2) is 8.05. The van der Waals surface area contributed by atoms with E-state index < -0.39 is 11.9 Å². The lowest BCUT2D eigenvalue weighted by molar-refractivity contribution is -0.136.